The second-order valence-electron chi connectivity index (χ2n) is 16.3. The Morgan fingerprint density at radius 1 is 0.685 bits per heavy atom. The topological polar surface area (TPSA) is 85.2 Å². The molecule has 272 valence electrons. The average Bonchev–Trinajstić information content (AvgIpc) is 3.70. The van der Waals surface area contributed by atoms with Crippen molar-refractivity contribution in [3.63, 3.8) is 0 Å². The first-order valence-corrected chi connectivity index (χ1v) is 18.9. The first kappa shape index (κ1) is 35.3. The standard InChI is InChI=1S/C48H47N3O3/c1-25(2)33-14-12-15-34(26(3)4)41(33)36-18-17-35(45-46(36)54-47(51-45)42-38(52)19-20-39-40(42)28(6)29(7)53-39)30-21-31(23-32(22-30)48(8,9)10)44-37-16-11-13-27(5)43(37)49-24-50-44/h11-26,52H,1-10H3. The molecule has 3 heterocycles. The molecule has 8 aromatic rings. The number of aromatic nitrogens is 3. The zero-order valence-corrected chi connectivity index (χ0v) is 32.8. The van der Waals surface area contributed by atoms with Gasteiger partial charge in [-0.1, -0.05) is 97.0 Å². The maximum absolute atomic E-state index is 11.5. The fourth-order valence-electron chi connectivity index (χ4n) is 7.89. The van der Waals surface area contributed by atoms with Gasteiger partial charge >= 0.3 is 0 Å². The predicted octanol–water partition coefficient (Wildman–Crippen LogP) is 13.4. The molecule has 6 nitrogen and oxygen atoms in total. The van der Waals surface area contributed by atoms with Crippen LogP contribution in [0.3, 0.4) is 0 Å². The molecule has 0 spiro atoms. The quantitative estimate of drug-likeness (QED) is 0.185. The van der Waals surface area contributed by atoms with Gasteiger partial charge in [-0.25, -0.2) is 15.0 Å². The smallest absolute Gasteiger partial charge is 0.231 e. The second kappa shape index (κ2) is 13.0. The predicted molar refractivity (Wildman–Crippen MR) is 221 cm³/mol. The van der Waals surface area contributed by atoms with E-state index >= 15 is 0 Å². The minimum atomic E-state index is -0.155. The molecule has 0 aliphatic heterocycles. The monoisotopic (exact) mass is 713 g/mol. The fourth-order valence-corrected chi connectivity index (χ4v) is 7.89. The summed E-state index contributed by atoms with van der Waals surface area (Å²) in [5.41, 5.74) is 15.1. The van der Waals surface area contributed by atoms with Gasteiger partial charge in [0, 0.05) is 27.5 Å². The molecule has 3 aromatic heterocycles. The first-order chi connectivity index (χ1) is 25.7. The minimum Gasteiger partial charge on any atom is -0.507 e. The molecular formula is C48H47N3O3. The lowest BCUT2D eigenvalue weighted by molar-refractivity contribution is 0.474. The van der Waals surface area contributed by atoms with Crippen molar-refractivity contribution in [2.75, 3.05) is 0 Å². The summed E-state index contributed by atoms with van der Waals surface area (Å²) in [6.45, 7) is 21.7. The molecular weight excluding hydrogens is 667 g/mol. The molecule has 8 rings (SSSR count). The molecule has 6 heteroatoms. The Balaban J connectivity index is 1.47. The third-order valence-electron chi connectivity index (χ3n) is 11.0. The van der Waals surface area contributed by atoms with E-state index in [0.717, 1.165) is 66.6 Å². The van der Waals surface area contributed by atoms with Gasteiger partial charge < -0.3 is 13.9 Å². The number of hydrogen-bond donors (Lipinski definition) is 1. The van der Waals surface area contributed by atoms with Gasteiger partial charge in [0.1, 0.15) is 28.9 Å². The molecule has 54 heavy (non-hydrogen) atoms. The lowest BCUT2D eigenvalue weighted by Crippen LogP contribution is -2.11. The number of benzene rings is 5. The van der Waals surface area contributed by atoms with Crippen LogP contribution in [0.2, 0.25) is 0 Å². The maximum atomic E-state index is 11.5. The number of hydrogen-bond acceptors (Lipinski definition) is 6. The molecule has 0 fully saturated rings. The van der Waals surface area contributed by atoms with Gasteiger partial charge in [-0.05, 0) is 107 Å². The lowest BCUT2D eigenvalue weighted by Gasteiger charge is -2.22. The summed E-state index contributed by atoms with van der Waals surface area (Å²) in [6.07, 6.45) is 1.66. The van der Waals surface area contributed by atoms with Crippen molar-refractivity contribution < 1.29 is 13.9 Å². The fraction of sp³-hybridized carbons (Fsp3) is 0.271. The van der Waals surface area contributed by atoms with Gasteiger partial charge in [0.15, 0.2) is 5.58 Å². The van der Waals surface area contributed by atoms with Crippen LogP contribution in [0.25, 0.3) is 77.9 Å². The van der Waals surface area contributed by atoms with E-state index < -0.39 is 0 Å². The van der Waals surface area contributed by atoms with Crippen LogP contribution >= 0.6 is 0 Å². The van der Waals surface area contributed by atoms with Crippen LogP contribution in [-0.4, -0.2) is 20.1 Å². The third-order valence-corrected chi connectivity index (χ3v) is 11.0. The summed E-state index contributed by atoms with van der Waals surface area (Å²) < 4.78 is 13.1. The zero-order chi connectivity index (χ0) is 38.2. The van der Waals surface area contributed by atoms with Gasteiger partial charge in [-0.2, -0.15) is 0 Å². The Morgan fingerprint density at radius 2 is 1.37 bits per heavy atom. The summed E-state index contributed by atoms with van der Waals surface area (Å²) in [5, 5.41) is 13.3. The molecule has 0 bridgehead atoms. The third kappa shape index (κ3) is 5.76. The van der Waals surface area contributed by atoms with E-state index in [1.807, 2.05) is 13.8 Å². The summed E-state index contributed by atoms with van der Waals surface area (Å²) in [4.78, 5) is 14.8. The van der Waals surface area contributed by atoms with Crippen molar-refractivity contribution in [3.8, 4) is 50.7 Å². The number of aromatic hydroxyl groups is 1. The van der Waals surface area contributed by atoms with Crippen molar-refractivity contribution in [1.29, 1.82) is 0 Å². The number of fused-ring (bicyclic) bond motifs is 3. The SMILES string of the molecule is Cc1oc2ccc(O)c(-c3nc4c(-c5cc(-c6ncnc7c(C)cccc67)cc(C(C)(C)C)c5)ccc(-c5c(C(C)C)cccc5C(C)C)c4o3)c2c1C. The molecule has 0 saturated heterocycles. The van der Waals surface area contributed by atoms with Crippen LogP contribution in [0.1, 0.15) is 93.9 Å². The van der Waals surface area contributed by atoms with Crippen LogP contribution in [0.15, 0.2) is 94.0 Å². The van der Waals surface area contributed by atoms with Gasteiger partial charge in [-0.3, -0.25) is 0 Å². The summed E-state index contributed by atoms with van der Waals surface area (Å²) in [7, 11) is 0. The molecule has 5 aromatic carbocycles. The highest BCUT2D eigenvalue weighted by Gasteiger charge is 2.27. The molecule has 0 amide bonds. The molecule has 0 aliphatic carbocycles. The summed E-state index contributed by atoms with van der Waals surface area (Å²) >= 11 is 0. The summed E-state index contributed by atoms with van der Waals surface area (Å²) in [5.74, 6) is 1.79. The van der Waals surface area contributed by atoms with E-state index in [-0.39, 0.29) is 23.0 Å². The number of rotatable bonds is 6. The normalized spacial score (nSPS) is 12.3. The van der Waals surface area contributed by atoms with Crippen molar-refractivity contribution >= 4 is 33.0 Å². The average molecular weight is 714 g/mol. The van der Waals surface area contributed by atoms with Crippen molar-refractivity contribution in [2.45, 2.75) is 86.5 Å². The summed E-state index contributed by atoms with van der Waals surface area (Å²) in [6, 6.07) is 27.4. The van der Waals surface area contributed by atoms with E-state index in [1.165, 1.54) is 22.3 Å². The number of para-hydroxylation sites is 1. The largest absolute Gasteiger partial charge is 0.507 e. The number of phenols is 1. The number of phenolic OH excluding ortho intramolecular Hbond substituents is 1. The highest BCUT2D eigenvalue weighted by molar-refractivity contribution is 6.05. The van der Waals surface area contributed by atoms with E-state index in [0.29, 0.717) is 22.6 Å². The Labute approximate surface area is 316 Å². The number of nitrogens with zero attached hydrogens (tertiary/aromatic N) is 3. The van der Waals surface area contributed by atoms with Crippen molar-refractivity contribution in [1.82, 2.24) is 15.0 Å². The minimum absolute atomic E-state index is 0.0921. The van der Waals surface area contributed by atoms with E-state index in [2.05, 4.69) is 127 Å². The zero-order valence-electron chi connectivity index (χ0n) is 32.8. The Bertz CT molecular complexity index is 2730. The Morgan fingerprint density at radius 3 is 2.07 bits per heavy atom. The van der Waals surface area contributed by atoms with Gasteiger partial charge in [-0.15, -0.1) is 0 Å². The van der Waals surface area contributed by atoms with Crippen LogP contribution in [0.4, 0.5) is 0 Å². The molecule has 0 aliphatic rings. The number of aryl methyl sites for hydroxylation is 3. The van der Waals surface area contributed by atoms with Gasteiger partial charge in [0.05, 0.1) is 16.8 Å². The first-order valence-electron chi connectivity index (χ1n) is 18.9. The van der Waals surface area contributed by atoms with Crippen LogP contribution < -0.4 is 0 Å². The van der Waals surface area contributed by atoms with Crippen molar-refractivity contribution in [3.05, 3.63) is 119 Å². The maximum Gasteiger partial charge on any atom is 0.231 e. The number of furan rings is 1. The Hall–Kier alpha value is -5.75. The van der Waals surface area contributed by atoms with Gasteiger partial charge in [0.25, 0.3) is 0 Å². The van der Waals surface area contributed by atoms with Crippen LogP contribution in [0, 0.1) is 20.8 Å². The van der Waals surface area contributed by atoms with E-state index in [4.69, 9.17) is 18.8 Å². The van der Waals surface area contributed by atoms with Crippen LogP contribution in [-0.2, 0) is 5.41 Å². The lowest BCUT2D eigenvalue weighted by atomic mass is 9.82. The van der Waals surface area contributed by atoms with E-state index in [1.54, 1.807) is 18.5 Å². The van der Waals surface area contributed by atoms with Gasteiger partial charge in [0.2, 0.25) is 5.89 Å². The molecule has 0 radical (unpaired) electrons. The molecule has 0 saturated carbocycles. The van der Waals surface area contributed by atoms with Crippen LogP contribution in [0.5, 0.6) is 5.75 Å². The highest BCUT2D eigenvalue weighted by atomic mass is 16.4. The van der Waals surface area contributed by atoms with Crippen molar-refractivity contribution in [2.24, 2.45) is 0 Å². The molecule has 0 unspecified atom stereocenters. The highest BCUT2D eigenvalue weighted by Crippen LogP contribution is 2.47. The van der Waals surface area contributed by atoms with E-state index in [9.17, 15) is 5.11 Å². The molecule has 0 atom stereocenters. The second-order valence-corrected chi connectivity index (χ2v) is 16.3. The Kier molecular flexibility index (Phi) is 8.48. The number of oxazole rings is 1. The molecule has 1 N–H and O–H groups in total.